The zero-order chi connectivity index (χ0) is 19.5. The molecule has 2 aromatic carbocycles. The summed E-state index contributed by atoms with van der Waals surface area (Å²) in [4.78, 5) is 16.1. The minimum Gasteiger partial charge on any atom is -0.496 e. The summed E-state index contributed by atoms with van der Waals surface area (Å²) in [7, 11) is 3.32. The molecule has 27 heavy (non-hydrogen) atoms. The van der Waals surface area contributed by atoms with Gasteiger partial charge in [0.25, 0.3) is 0 Å². The fraction of sp³-hybridized carbons (Fsp3) is 0.300. The number of aliphatic imine (C=N–C) groups is 1. The van der Waals surface area contributed by atoms with Gasteiger partial charge in [0.1, 0.15) is 11.6 Å². The predicted octanol–water partition coefficient (Wildman–Crippen LogP) is 1.86. The number of nitrogens with one attached hydrogen (secondary N) is 3. The zero-order valence-corrected chi connectivity index (χ0v) is 15.6. The molecule has 0 atom stereocenters. The van der Waals surface area contributed by atoms with Crippen LogP contribution in [0, 0.1) is 5.82 Å². The topological polar surface area (TPSA) is 74.8 Å². The standard InChI is InChI=1S/C20H25FN4O2/c1-22-20(25-14-16-5-3-4-6-18(16)27-2)24-12-11-23-19(26)13-15-7-9-17(21)10-8-15/h3-10H,11-14H2,1-2H3,(H,23,26)(H2,22,24,25). The fourth-order valence-electron chi connectivity index (χ4n) is 2.48. The Balaban J connectivity index is 1.68. The summed E-state index contributed by atoms with van der Waals surface area (Å²) in [5, 5.41) is 9.16. The lowest BCUT2D eigenvalue weighted by Crippen LogP contribution is -2.41. The molecular formula is C20H25FN4O2. The molecule has 2 aromatic rings. The van der Waals surface area contributed by atoms with Gasteiger partial charge in [0.2, 0.25) is 5.91 Å². The van der Waals surface area contributed by atoms with E-state index in [9.17, 15) is 9.18 Å². The smallest absolute Gasteiger partial charge is 0.224 e. The van der Waals surface area contributed by atoms with Crippen molar-refractivity contribution in [3.8, 4) is 5.75 Å². The number of hydrogen-bond donors (Lipinski definition) is 3. The van der Waals surface area contributed by atoms with Crippen LogP contribution in [-0.4, -0.2) is 39.1 Å². The SMILES string of the molecule is CN=C(NCCNC(=O)Cc1ccc(F)cc1)NCc1ccccc1OC. The molecule has 0 spiro atoms. The van der Waals surface area contributed by atoms with Crippen LogP contribution in [0.2, 0.25) is 0 Å². The van der Waals surface area contributed by atoms with Crippen LogP contribution in [0.1, 0.15) is 11.1 Å². The number of halogens is 1. The van der Waals surface area contributed by atoms with E-state index in [2.05, 4.69) is 20.9 Å². The van der Waals surface area contributed by atoms with Gasteiger partial charge in [-0.05, 0) is 23.8 Å². The molecule has 3 N–H and O–H groups in total. The van der Waals surface area contributed by atoms with E-state index in [1.54, 1.807) is 26.3 Å². The van der Waals surface area contributed by atoms with E-state index in [-0.39, 0.29) is 18.1 Å². The van der Waals surface area contributed by atoms with Crippen molar-refractivity contribution in [2.24, 2.45) is 4.99 Å². The first kappa shape index (κ1) is 20.2. The maximum absolute atomic E-state index is 12.9. The highest BCUT2D eigenvalue weighted by molar-refractivity contribution is 5.80. The number of guanidine groups is 1. The molecule has 0 unspecified atom stereocenters. The summed E-state index contributed by atoms with van der Waals surface area (Å²) < 4.78 is 18.2. The van der Waals surface area contributed by atoms with E-state index in [1.807, 2.05) is 24.3 Å². The van der Waals surface area contributed by atoms with Gasteiger partial charge < -0.3 is 20.7 Å². The van der Waals surface area contributed by atoms with Gasteiger partial charge in [-0.25, -0.2) is 4.39 Å². The number of rotatable bonds is 8. The van der Waals surface area contributed by atoms with Gasteiger partial charge in [-0.15, -0.1) is 0 Å². The van der Waals surface area contributed by atoms with Gasteiger partial charge >= 0.3 is 0 Å². The summed E-state index contributed by atoms with van der Waals surface area (Å²) in [6, 6.07) is 13.7. The molecule has 0 aliphatic heterocycles. The lowest BCUT2D eigenvalue weighted by Gasteiger charge is -2.14. The molecule has 7 heteroatoms. The second kappa shape index (κ2) is 10.8. The highest BCUT2D eigenvalue weighted by Crippen LogP contribution is 2.16. The Morgan fingerprint density at radius 2 is 1.74 bits per heavy atom. The molecule has 0 heterocycles. The fourth-order valence-corrected chi connectivity index (χ4v) is 2.48. The Morgan fingerprint density at radius 1 is 1.04 bits per heavy atom. The third kappa shape index (κ3) is 6.97. The summed E-state index contributed by atoms with van der Waals surface area (Å²) in [5.74, 6) is 1.03. The quantitative estimate of drug-likeness (QED) is 0.376. The van der Waals surface area contributed by atoms with Gasteiger partial charge in [-0.2, -0.15) is 0 Å². The minimum atomic E-state index is -0.310. The number of ether oxygens (including phenoxy) is 1. The van der Waals surface area contributed by atoms with Crippen molar-refractivity contribution in [3.63, 3.8) is 0 Å². The number of nitrogens with zero attached hydrogens (tertiary/aromatic N) is 1. The Labute approximate surface area is 158 Å². The summed E-state index contributed by atoms with van der Waals surface area (Å²) in [6.07, 6.45) is 0.223. The Kier molecular flexibility index (Phi) is 8.09. The van der Waals surface area contributed by atoms with Crippen molar-refractivity contribution in [2.75, 3.05) is 27.2 Å². The number of carbonyl (C=O) groups is 1. The van der Waals surface area contributed by atoms with Crippen molar-refractivity contribution in [3.05, 3.63) is 65.5 Å². The average Bonchev–Trinajstić information content (AvgIpc) is 2.69. The molecule has 0 fully saturated rings. The van der Waals surface area contributed by atoms with Gasteiger partial charge in [0.15, 0.2) is 5.96 Å². The van der Waals surface area contributed by atoms with E-state index in [0.717, 1.165) is 16.9 Å². The van der Waals surface area contributed by atoms with Gasteiger partial charge in [-0.1, -0.05) is 30.3 Å². The Hall–Kier alpha value is -3.09. The molecule has 0 bridgehead atoms. The van der Waals surface area contributed by atoms with Crippen molar-refractivity contribution < 1.29 is 13.9 Å². The molecule has 2 rings (SSSR count). The lowest BCUT2D eigenvalue weighted by molar-refractivity contribution is -0.120. The maximum Gasteiger partial charge on any atom is 0.224 e. The van der Waals surface area contributed by atoms with E-state index in [0.29, 0.717) is 25.6 Å². The minimum absolute atomic E-state index is 0.111. The van der Waals surface area contributed by atoms with Crippen molar-refractivity contribution >= 4 is 11.9 Å². The highest BCUT2D eigenvalue weighted by Gasteiger charge is 2.05. The third-order valence-electron chi connectivity index (χ3n) is 3.88. The molecule has 6 nitrogen and oxygen atoms in total. The maximum atomic E-state index is 12.9. The largest absolute Gasteiger partial charge is 0.496 e. The van der Waals surface area contributed by atoms with Crippen LogP contribution in [0.4, 0.5) is 4.39 Å². The predicted molar refractivity (Wildman–Crippen MR) is 104 cm³/mol. The third-order valence-corrected chi connectivity index (χ3v) is 3.88. The van der Waals surface area contributed by atoms with E-state index < -0.39 is 0 Å². The van der Waals surface area contributed by atoms with Crippen LogP contribution in [-0.2, 0) is 17.8 Å². The average molecular weight is 372 g/mol. The Bertz CT molecular complexity index is 763. The molecule has 0 saturated carbocycles. The number of benzene rings is 2. The molecule has 144 valence electrons. The number of carbonyl (C=O) groups excluding carboxylic acids is 1. The van der Waals surface area contributed by atoms with Crippen LogP contribution in [0.5, 0.6) is 5.75 Å². The van der Waals surface area contributed by atoms with Crippen LogP contribution in [0.3, 0.4) is 0 Å². The van der Waals surface area contributed by atoms with Crippen LogP contribution in [0.25, 0.3) is 0 Å². The van der Waals surface area contributed by atoms with Crippen molar-refractivity contribution in [1.29, 1.82) is 0 Å². The summed E-state index contributed by atoms with van der Waals surface area (Å²) >= 11 is 0. The Morgan fingerprint density at radius 3 is 2.44 bits per heavy atom. The molecule has 0 radical (unpaired) electrons. The van der Waals surface area contributed by atoms with Crippen molar-refractivity contribution in [1.82, 2.24) is 16.0 Å². The second-order valence-electron chi connectivity index (χ2n) is 5.82. The number of methoxy groups -OCH3 is 1. The van der Waals surface area contributed by atoms with Gasteiger partial charge in [-0.3, -0.25) is 9.79 Å². The molecule has 0 saturated heterocycles. The molecule has 0 aliphatic rings. The molecular weight excluding hydrogens is 347 g/mol. The highest BCUT2D eigenvalue weighted by atomic mass is 19.1. The number of amides is 1. The monoisotopic (exact) mass is 372 g/mol. The first-order chi connectivity index (χ1) is 13.1. The van der Waals surface area contributed by atoms with Crippen molar-refractivity contribution in [2.45, 2.75) is 13.0 Å². The van der Waals surface area contributed by atoms with E-state index in [4.69, 9.17) is 4.74 Å². The normalized spacial score (nSPS) is 11.0. The molecule has 0 aliphatic carbocycles. The summed E-state index contributed by atoms with van der Waals surface area (Å²) in [5.41, 5.74) is 1.80. The van der Waals surface area contributed by atoms with Crippen LogP contribution in [0.15, 0.2) is 53.5 Å². The first-order valence-corrected chi connectivity index (χ1v) is 8.70. The molecule has 1 amide bonds. The number of hydrogen-bond acceptors (Lipinski definition) is 3. The van der Waals surface area contributed by atoms with E-state index >= 15 is 0 Å². The van der Waals surface area contributed by atoms with E-state index in [1.165, 1.54) is 12.1 Å². The number of para-hydroxylation sites is 1. The zero-order valence-electron chi connectivity index (χ0n) is 15.6. The van der Waals surface area contributed by atoms with Gasteiger partial charge in [0.05, 0.1) is 13.5 Å². The van der Waals surface area contributed by atoms with Crippen LogP contribution < -0.4 is 20.7 Å². The van der Waals surface area contributed by atoms with Crippen LogP contribution >= 0.6 is 0 Å². The molecule has 0 aromatic heterocycles. The summed E-state index contributed by atoms with van der Waals surface area (Å²) in [6.45, 7) is 1.55. The second-order valence-corrected chi connectivity index (χ2v) is 5.82. The van der Waals surface area contributed by atoms with Gasteiger partial charge in [0, 0.05) is 32.2 Å². The first-order valence-electron chi connectivity index (χ1n) is 8.70. The lowest BCUT2D eigenvalue weighted by atomic mass is 10.1.